The van der Waals surface area contributed by atoms with Crippen molar-refractivity contribution in [3.8, 4) is 0 Å². The molecule has 0 aromatic rings. The van der Waals surface area contributed by atoms with Crippen LogP contribution in [0.25, 0.3) is 0 Å². The van der Waals surface area contributed by atoms with E-state index in [9.17, 15) is 28.7 Å². The Bertz CT molecular complexity index is 944. The number of phosphoric acid groups is 1. The zero-order valence-electron chi connectivity index (χ0n) is 23.4. The van der Waals surface area contributed by atoms with Gasteiger partial charge in [0.05, 0.1) is 37.5 Å². The molecule has 2 aliphatic rings. The molecule has 2 rings (SSSR count). The average Bonchev–Trinajstić information content (AvgIpc) is 3.53. The Kier molecular flexibility index (Phi) is 17.8. The second-order valence-corrected chi connectivity index (χ2v) is 16.9. The summed E-state index contributed by atoms with van der Waals surface area (Å²) >= 11 is 3.60. The number of aliphatic hydroxyl groups excluding tert-OH is 1. The summed E-state index contributed by atoms with van der Waals surface area (Å²) < 4.78 is 44.1. The molecule has 0 radical (unpaired) electrons. The number of β-amino-alcohol motifs (C(OH)–C–C–N with tert-alkyl or cyclic N) is 1. The molecule has 0 aromatic heterocycles. The van der Waals surface area contributed by atoms with E-state index >= 15 is 0 Å². The number of aliphatic hydroxyl groups is 1. The molecule has 2 saturated heterocycles. The number of thiol groups is 1. The summed E-state index contributed by atoms with van der Waals surface area (Å²) in [6.45, 7) is -3.56. The molecule has 2 heterocycles. The van der Waals surface area contributed by atoms with Gasteiger partial charge < -0.3 is 31.3 Å². The number of hydrogen-bond donors (Lipinski definition) is 6. The van der Waals surface area contributed by atoms with Gasteiger partial charge in [-0.15, -0.1) is 4.67 Å². The summed E-state index contributed by atoms with van der Waals surface area (Å²) in [6, 6.07) is -1.30. The number of carbonyl (C=O) groups excluding carboxylic acids is 2. The van der Waals surface area contributed by atoms with Gasteiger partial charge in [0.15, 0.2) is 0 Å². The standard InChI is InChI=1S/C22H44N4O11P2S3/c23-7-3-1-2-5-21(28)26-14-20(12-18(26)16-35-39(33,40)37-30)36-38(31,32)34-15-17-11-19(27)13-25(17)22(29)6-4-9-41-42-10-8-24/h17-20,27,30H,1-16,23-24H2,(H,31,32)(H,33,40)/t17?,18-,19+,20+,39?/m0/s1. The minimum absolute atomic E-state index is 0.0516. The Balaban J connectivity index is 1.92. The van der Waals surface area contributed by atoms with Gasteiger partial charge in [-0.3, -0.25) is 23.2 Å². The summed E-state index contributed by atoms with van der Waals surface area (Å²) in [4.78, 5) is 39.0. The SMILES string of the molecule is NCCCCCC(=O)N1C[C@H](OP(=O)(O)OCC2C[C@@H](O)CN2C(=O)CCCSSCCN)C[C@H]1COP(=O)(S)OO. The van der Waals surface area contributed by atoms with Crippen molar-refractivity contribution in [2.75, 3.05) is 50.9 Å². The van der Waals surface area contributed by atoms with Crippen LogP contribution in [0.3, 0.4) is 0 Å². The lowest BCUT2D eigenvalue weighted by atomic mass is 10.1. The quantitative estimate of drug-likeness (QED) is 0.0253. The maximum absolute atomic E-state index is 12.9. The van der Waals surface area contributed by atoms with Gasteiger partial charge in [0.25, 0.3) is 0 Å². The first-order chi connectivity index (χ1) is 19.9. The van der Waals surface area contributed by atoms with Crippen molar-refractivity contribution < 1.29 is 52.2 Å². The minimum atomic E-state index is -4.64. The van der Waals surface area contributed by atoms with E-state index in [1.807, 2.05) is 0 Å². The van der Waals surface area contributed by atoms with Crippen molar-refractivity contribution in [3.05, 3.63) is 0 Å². The van der Waals surface area contributed by atoms with Crippen LogP contribution in [0.4, 0.5) is 0 Å². The second kappa shape index (κ2) is 19.6. The summed E-state index contributed by atoms with van der Waals surface area (Å²) in [7, 11) is -1.36. The van der Waals surface area contributed by atoms with E-state index in [0.29, 0.717) is 25.9 Å². The number of unbranched alkanes of at least 4 members (excludes halogenated alkanes) is 2. The first-order valence-electron chi connectivity index (χ1n) is 13.8. The molecule has 42 heavy (non-hydrogen) atoms. The molecule has 0 aliphatic carbocycles. The monoisotopic (exact) mass is 698 g/mol. The number of rotatable bonds is 21. The largest absolute Gasteiger partial charge is 0.472 e. The molecule has 246 valence electrons. The number of nitrogens with zero attached hydrogens (tertiary/aromatic N) is 2. The zero-order valence-corrected chi connectivity index (χ0v) is 27.8. The third-order valence-electron chi connectivity index (χ3n) is 6.65. The molecule has 2 amide bonds. The molecular weight excluding hydrogens is 654 g/mol. The highest BCUT2D eigenvalue weighted by Crippen LogP contribution is 2.52. The van der Waals surface area contributed by atoms with Crippen LogP contribution in [0.15, 0.2) is 0 Å². The maximum Gasteiger partial charge on any atom is 0.472 e. The number of hydrogen-bond acceptors (Lipinski definition) is 14. The van der Waals surface area contributed by atoms with Gasteiger partial charge in [0.1, 0.15) is 0 Å². The second-order valence-electron chi connectivity index (χ2n) is 10.00. The fourth-order valence-electron chi connectivity index (χ4n) is 4.70. The molecule has 7 N–H and O–H groups in total. The molecule has 0 bridgehead atoms. The Morgan fingerprint density at radius 1 is 0.881 bits per heavy atom. The van der Waals surface area contributed by atoms with Crippen LogP contribution in [-0.2, 0) is 37.0 Å². The predicted molar refractivity (Wildman–Crippen MR) is 164 cm³/mol. The number of likely N-dealkylation sites (tertiary alicyclic amines) is 2. The summed E-state index contributed by atoms with van der Waals surface area (Å²) in [5, 5.41) is 18.8. The van der Waals surface area contributed by atoms with Gasteiger partial charge in [0.2, 0.25) is 11.8 Å². The highest BCUT2D eigenvalue weighted by atomic mass is 33.1. The molecule has 0 aromatic carbocycles. The molecule has 6 atom stereocenters. The van der Waals surface area contributed by atoms with Gasteiger partial charge in [-0.25, -0.2) is 14.4 Å². The first-order valence-corrected chi connectivity index (χ1v) is 20.5. The highest BCUT2D eigenvalue weighted by molar-refractivity contribution is 8.76. The van der Waals surface area contributed by atoms with Crippen molar-refractivity contribution >= 4 is 60.3 Å². The topological polar surface area (TPSA) is 224 Å². The third kappa shape index (κ3) is 14.0. The van der Waals surface area contributed by atoms with E-state index in [0.717, 1.165) is 24.3 Å². The molecule has 0 saturated carbocycles. The van der Waals surface area contributed by atoms with E-state index < -0.39 is 38.9 Å². The molecule has 15 nitrogen and oxygen atoms in total. The van der Waals surface area contributed by atoms with Crippen molar-refractivity contribution in [3.63, 3.8) is 0 Å². The van der Waals surface area contributed by atoms with Gasteiger partial charge in [0, 0.05) is 44.0 Å². The fraction of sp³-hybridized carbons (Fsp3) is 0.909. The van der Waals surface area contributed by atoms with Gasteiger partial charge >= 0.3 is 14.6 Å². The molecule has 2 fully saturated rings. The predicted octanol–water partition coefficient (Wildman–Crippen LogP) is 2.23. The van der Waals surface area contributed by atoms with Crippen LogP contribution in [0.5, 0.6) is 0 Å². The number of carbonyl (C=O) groups is 2. The van der Waals surface area contributed by atoms with E-state index in [1.165, 1.54) is 9.80 Å². The zero-order chi connectivity index (χ0) is 31.2. The van der Waals surface area contributed by atoms with Gasteiger partial charge in [-0.2, -0.15) is 0 Å². The Labute approximate surface area is 259 Å². The van der Waals surface area contributed by atoms with Crippen molar-refractivity contribution in [1.29, 1.82) is 0 Å². The lowest BCUT2D eigenvalue weighted by Gasteiger charge is -2.26. The van der Waals surface area contributed by atoms with Crippen LogP contribution in [-0.4, -0.2) is 112 Å². The Morgan fingerprint density at radius 3 is 2.17 bits per heavy atom. The molecular formula is C22H44N4O11P2S3. The summed E-state index contributed by atoms with van der Waals surface area (Å²) in [6.07, 6.45) is 1.77. The van der Waals surface area contributed by atoms with E-state index in [1.54, 1.807) is 21.6 Å². The normalized spacial score (nSPS) is 25.5. The highest BCUT2D eigenvalue weighted by Gasteiger charge is 2.42. The van der Waals surface area contributed by atoms with E-state index in [-0.39, 0.29) is 63.8 Å². The van der Waals surface area contributed by atoms with Gasteiger partial charge in [-0.05, 0) is 38.6 Å². The van der Waals surface area contributed by atoms with Crippen LogP contribution < -0.4 is 11.5 Å². The Hall–Kier alpha value is 0.0900. The van der Waals surface area contributed by atoms with Crippen LogP contribution in [0.1, 0.15) is 51.4 Å². The lowest BCUT2D eigenvalue weighted by Crippen LogP contribution is -2.38. The summed E-state index contributed by atoms with van der Waals surface area (Å²) in [5.41, 5.74) is 11.0. The molecule has 0 spiro atoms. The van der Waals surface area contributed by atoms with Crippen LogP contribution in [0, 0.1) is 0 Å². The average molecular weight is 699 g/mol. The smallest absolute Gasteiger partial charge is 0.391 e. The van der Waals surface area contributed by atoms with Crippen molar-refractivity contribution in [2.45, 2.75) is 75.7 Å². The number of phosphoric ester groups is 1. The van der Waals surface area contributed by atoms with Crippen LogP contribution in [0.2, 0.25) is 0 Å². The van der Waals surface area contributed by atoms with E-state index in [4.69, 9.17) is 30.3 Å². The van der Waals surface area contributed by atoms with Crippen LogP contribution >= 0.6 is 48.5 Å². The fourth-order valence-corrected chi connectivity index (χ4v) is 8.21. The molecule has 2 aliphatic heterocycles. The molecule has 20 heteroatoms. The van der Waals surface area contributed by atoms with Crippen molar-refractivity contribution in [1.82, 2.24) is 9.80 Å². The van der Waals surface area contributed by atoms with Gasteiger partial charge in [-0.1, -0.05) is 40.3 Å². The maximum atomic E-state index is 12.9. The third-order valence-corrected chi connectivity index (χ3v) is 11.5. The number of nitrogens with two attached hydrogens (primary N) is 2. The van der Waals surface area contributed by atoms with E-state index in [2.05, 4.69) is 16.9 Å². The first kappa shape index (κ1) is 38.3. The van der Waals surface area contributed by atoms with Crippen molar-refractivity contribution in [2.24, 2.45) is 11.5 Å². The Morgan fingerprint density at radius 2 is 1.50 bits per heavy atom. The number of amides is 2. The lowest BCUT2D eigenvalue weighted by molar-refractivity contribution is -0.145. The summed E-state index contributed by atoms with van der Waals surface area (Å²) in [5.74, 6) is 1.16. The minimum Gasteiger partial charge on any atom is -0.391 e. The molecule has 3 unspecified atom stereocenters.